The lowest BCUT2D eigenvalue weighted by Crippen LogP contribution is -2.44. The topological polar surface area (TPSA) is 36.3 Å². The molecule has 1 aliphatic rings. The maximum Gasteiger partial charge on any atom is 0.123 e. The van der Waals surface area contributed by atoms with Crippen LogP contribution >= 0.6 is 0 Å². The number of allylic oxidation sites excluding steroid dienone is 1. The molecular weight excluding hydrogens is 243 g/mol. The van der Waals surface area contributed by atoms with Crippen LogP contribution in [0.3, 0.4) is 0 Å². The van der Waals surface area contributed by atoms with E-state index in [1.807, 2.05) is 13.8 Å². The summed E-state index contributed by atoms with van der Waals surface area (Å²) < 4.78 is 18.7. The van der Waals surface area contributed by atoms with Crippen LogP contribution in [-0.2, 0) is 4.74 Å². The third-order valence-corrected chi connectivity index (χ3v) is 3.10. The molecule has 0 radical (unpaired) electrons. The molecule has 1 aromatic rings. The van der Waals surface area contributed by atoms with Crippen molar-refractivity contribution in [1.29, 1.82) is 5.26 Å². The number of nitriles is 1. The van der Waals surface area contributed by atoms with Crippen LogP contribution in [0.4, 0.5) is 4.39 Å². The van der Waals surface area contributed by atoms with Crippen LogP contribution in [0.1, 0.15) is 19.4 Å². The quantitative estimate of drug-likeness (QED) is 0.767. The van der Waals surface area contributed by atoms with Gasteiger partial charge in [-0.1, -0.05) is 0 Å². The van der Waals surface area contributed by atoms with Crippen molar-refractivity contribution in [1.82, 2.24) is 4.90 Å². The van der Waals surface area contributed by atoms with Crippen molar-refractivity contribution in [3.63, 3.8) is 0 Å². The van der Waals surface area contributed by atoms with E-state index in [0.29, 0.717) is 0 Å². The summed E-state index contributed by atoms with van der Waals surface area (Å²) in [7, 11) is 0. The predicted molar refractivity (Wildman–Crippen MR) is 71.6 cm³/mol. The number of morpholine rings is 1. The lowest BCUT2D eigenvalue weighted by Gasteiger charge is -2.38. The Morgan fingerprint density at radius 1 is 1.32 bits per heavy atom. The highest BCUT2D eigenvalue weighted by Crippen LogP contribution is 2.24. The van der Waals surface area contributed by atoms with E-state index < -0.39 is 0 Å². The van der Waals surface area contributed by atoms with Crippen molar-refractivity contribution < 1.29 is 9.13 Å². The average Bonchev–Trinajstić information content (AvgIpc) is 2.36. The molecule has 0 amide bonds. The number of nitrogens with zero attached hydrogens (tertiary/aromatic N) is 2. The average molecular weight is 260 g/mol. The Morgan fingerprint density at radius 2 is 1.89 bits per heavy atom. The maximum atomic E-state index is 13.0. The first kappa shape index (κ1) is 13.6. The third-order valence-electron chi connectivity index (χ3n) is 3.10. The van der Waals surface area contributed by atoms with Crippen LogP contribution in [0.5, 0.6) is 0 Å². The fraction of sp³-hybridized carbons (Fsp3) is 0.400. The minimum Gasteiger partial charge on any atom is -0.372 e. The molecule has 1 aliphatic heterocycles. The summed E-state index contributed by atoms with van der Waals surface area (Å²) in [6, 6.07) is 8.29. The first-order chi connectivity index (χ1) is 9.10. The highest BCUT2D eigenvalue weighted by Gasteiger charge is 2.24. The summed E-state index contributed by atoms with van der Waals surface area (Å²) in [5.74, 6) is -0.274. The van der Waals surface area contributed by atoms with Gasteiger partial charge in [-0.2, -0.15) is 5.26 Å². The van der Waals surface area contributed by atoms with E-state index in [0.717, 1.165) is 24.4 Å². The van der Waals surface area contributed by atoms with Crippen LogP contribution in [0.2, 0.25) is 0 Å². The van der Waals surface area contributed by atoms with Gasteiger partial charge < -0.3 is 9.64 Å². The lowest BCUT2D eigenvalue weighted by molar-refractivity contribution is -0.0508. The molecular formula is C15H17FN2O. The molecule has 4 heteroatoms. The van der Waals surface area contributed by atoms with Crippen molar-refractivity contribution >= 4 is 5.70 Å². The Hall–Kier alpha value is -1.86. The zero-order chi connectivity index (χ0) is 13.8. The van der Waals surface area contributed by atoms with Crippen LogP contribution in [0, 0.1) is 17.1 Å². The Morgan fingerprint density at radius 3 is 2.42 bits per heavy atom. The Kier molecular flexibility index (Phi) is 4.18. The molecule has 1 heterocycles. The molecule has 100 valence electrons. The monoisotopic (exact) mass is 260 g/mol. The van der Waals surface area contributed by atoms with Gasteiger partial charge in [-0.15, -0.1) is 0 Å². The molecule has 0 N–H and O–H groups in total. The molecule has 1 aromatic carbocycles. The van der Waals surface area contributed by atoms with Gasteiger partial charge in [0.25, 0.3) is 0 Å². The van der Waals surface area contributed by atoms with Gasteiger partial charge in [-0.05, 0) is 43.7 Å². The fourth-order valence-electron chi connectivity index (χ4n) is 2.41. The molecule has 0 spiro atoms. The first-order valence-corrected chi connectivity index (χ1v) is 6.36. The van der Waals surface area contributed by atoms with E-state index in [4.69, 9.17) is 10.00 Å². The normalized spacial score (nSPS) is 24.1. The second-order valence-corrected chi connectivity index (χ2v) is 4.83. The van der Waals surface area contributed by atoms with Crippen molar-refractivity contribution in [3.05, 3.63) is 41.7 Å². The molecule has 3 nitrogen and oxygen atoms in total. The molecule has 19 heavy (non-hydrogen) atoms. The van der Waals surface area contributed by atoms with Gasteiger partial charge in [-0.3, -0.25) is 0 Å². The number of hydrogen-bond acceptors (Lipinski definition) is 3. The van der Waals surface area contributed by atoms with Gasteiger partial charge in [0.2, 0.25) is 0 Å². The van der Waals surface area contributed by atoms with Crippen molar-refractivity contribution in [3.8, 4) is 6.07 Å². The van der Waals surface area contributed by atoms with Crippen LogP contribution in [0.15, 0.2) is 30.3 Å². The molecule has 1 saturated heterocycles. The molecule has 0 aromatic heterocycles. The minimum absolute atomic E-state index is 0.117. The van der Waals surface area contributed by atoms with Crippen LogP contribution in [-0.4, -0.2) is 30.2 Å². The third kappa shape index (κ3) is 3.33. The second kappa shape index (κ2) is 5.85. The number of benzene rings is 1. The van der Waals surface area contributed by atoms with Crippen LogP contribution < -0.4 is 0 Å². The molecule has 0 aliphatic carbocycles. The van der Waals surface area contributed by atoms with Gasteiger partial charge in [0.1, 0.15) is 5.82 Å². The van der Waals surface area contributed by atoms with E-state index >= 15 is 0 Å². The summed E-state index contributed by atoms with van der Waals surface area (Å²) in [5.41, 5.74) is 1.67. The Bertz CT molecular complexity index is 494. The van der Waals surface area contributed by atoms with E-state index in [1.165, 1.54) is 18.2 Å². The largest absolute Gasteiger partial charge is 0.372 e. The SMILES string of the molecule is C[C@@H]1CN(/C(=C/C#N)c2ccc(F)cc2)C[C@@H](C)O1. The number of ether oxygens (including phenoxy) is 1. The van der Waals surface area contributed by atoms with Gasteiger partial charge in [-0.25, -0.2) is 4.39 Å². The molecule has 0 bridgehead atoms. The Labute approximate surface area is 112 Å². The summed E-state index contributed by atoms with van der Waals surface area (Å²) in [4.78, 5) is 2.12. The molecule has 0 unspecified atom stereocenters. The van der Waals surface area contributed by atoms with E-state index in [-0.39, 0.29) is 18.0 Å². The first-order valence-electron chi connectivity index (χ1n) is 6.36. The molecule has 1 fully saturated rings. The predicted octanol–water partition coefficient (Wildman–Crippen LogP) is 2.80. The van der Waals surface area contributed by atoms with Crippen molar-refractivity contribution in [2.75, 3.05) is 13.1 Å². The summed E-state index contributed by atoms with van der Waals surface area (Å²) >= 11 is 0. The van der Waals surface area contributed by atoms with Gasteiger partial charge in [0.05, 0.1) is 24.0 Å². The van der Waals surface area contributed by atoms with Gasteiger partial charge in [0.15, 0.2) is 0 Å². The number of halogens is 1. The zero-order valence-electron chi connectivity index (χ0n) is 11.1. The van der Waals surface area contributed by atoms with Crippen LogP contribution in [0.25, 0.3) is 5.70 Å². The molecule has 2 atom stereocenters. The standard InChI is InChI=1S/C15H17FN2O/c1-11-9-18(10-12(2)19-11)15(7-8-17)13-3-5-14(16)6-4-13/h3-7,11-12H,9-10H2,1-2H3/b15-7+/t11-,12-/m1/s1. The fourth-order valence-corrected chi connectivity index (χ4v) is 2.41. The summed E-state index contributed by atoms with van der Waals surface area (Å²) in [6.07, 6.45) is 1.75. The van der Waals surface area contributed by atoms with E-state index in [1.54, 1.807) is 12.1 Å². The molecule has 2 rings (SSSR count). The molecule has 0 saturated carbocycles. The van der Waals surface area contributed by atoms with E-state index in [2.05, 4.69) is 11.0 Å². The van der Waals surface area contributed by atoms with Gasteiger partial charge >= 0.3 is 0 Å². The minimum atomic E-state index is -0.274. The van der Waals surface area contributed by atoms with Gasteiger partial charge in [0, 0.05) is 19.2 Å². The maximum absolute atomic E-state index is 13.0. The Balaban J connectivity index is 2.28. The number of hydrogen-bond donors (Lipinski definition) is 0. The smallest absolute Gasteiger partial charge is 0.123 e. The van der Waals surface area contributed by atoms with Crippen molar-refractivity contribution in [2.24, 2.45) is 0 Å². The van der Waals surface area contributed by atoms with Crippen molar-refractivity contribution in [2.45, 2.75) is 26.1 Å². The second-order valence-electron chi connectivity index (χ2n) is 4.83. The summed E-state index contributed by atoms with van der Waals surface area (Å²) in [5, 5.41) is 8.96. The highest BCUT2D eigenvalue weighted by molar-refractivity contribution is 5.66. The summed E-state index contributed by atoms with van der Waals surface area (Å²) in [6.45, 7) is 5.49. The number of rotatable bonds is 2. The van der Waals surface area contributed by atoms with E-state index in [9.17, 15) is 4.39 Å². The highest BCUT2D eigenvalue weighted by atomic mass is 19.1. The lowest BCUT2D eigenvalue weighted by atomic mass is 10.1. The zero-order valence-corrected chi connectivity index (χ0v) is 11.1.